The fourth-order valence-electron chi connectivity index (χ4n) is 6.64. The molecule has 1 saturated heterocycles. The first-order chi connectivity index (χ1) is 15.6. The van der Waals surface area contributed by atoms with Crippen molar-refractivity contribution in [3.05, 3.63) is 28.2 Å². The molecule has 3 unspecified atom stereocenters. The molecule has 0 aromatic heterocycles. The number of primary amides is 1. The van der Waals surface area contributed by atoms with Crippen LogP contribution in [0.25, 0.3) is 0 Å². The summed E-state index contributed by atoms with van der Waals surface area (Å²) in [6, 6.07) is 4.23. The van der Waals surface area contributed by atoms with Crippen LogP contribution < -0.4 is 11.1 Å². The maximum atomic E-state index is 13.2. The summed E-state index contributed by atoms with van der Waals surface area (Å²) in [6.07, 6.45) is 3.32. The molecule has 1 aliphatic heterocycles. The maximum Gasteiger partial charge on any atom is 0.250 e. The van der Waals surface area contributed by atoms with Crippen molar-refractivity contribution in [1.82, 2.24) is 9.62 Å². The molecular formula is C22H27Cl2N3O5S. The SMILES string of the molecule is NC(=O)C12CC3CC(C1)C(NC(=O)C1CN(S(=O)(=O)c4cc(Cl)ccc4Cl)CCO1)C(C3)C2. The predicted molar refractivity (Wildman–Crippen MR) is 122 cm³/mol. The zero-order valence-corrected chi connectivity index (χ0v) is 20.3. The Hall–Kier alpha value is -1.39. The second-order valence-corrected chi connectivity index (χ2v) is 12.7. The second kappa shape index (κ2) is 8.37. The summed E-state index contributed by atoms with van der Waals surface area (Å²) in [7, 11) is -3.94. The third-order valence-electron chi connectivity index (χ3n) is 7.94. The van der Waals surface area contributed by atoms with Crippen molar-refractivity contribution in [2.45, 2.75) is 49.1 Å². The van der Waals surface area contributed by atoms with Crippen molar-refractivity contribution < 1.29 is 22.7 Å². The lowest BCUT2D eigenvalue weighted by atomic mass is 9.47. The Morgan fingerprint density at radius 3 is 2.52 bits per heavy atom. The molecule has 6 rings (SSSR count). The van der Waals surface area contributed by atoms with Crippen LogP contribution in [0, 0.1) is 23.2 Å². The average molecular weight is 516 g/mol. The summed E-state index contributed by atoms with van der Waals surface area (Å²) in [5.74, 6) is 0.362. The number of nitrogens with zero attached hydrogens (tertiary/aromatic N) is 1. The van der Waals surface area contributed by atoms with Gasteiger partial charge in [-0.1, -0.05) is 23.2 Å². The van der Waals surface area contributed by atoms with E-state index in [1.165, 1.54) is 22.5 Å². The Balaban J connectivity index is 1.29. The quantitative estimate of drug-likeness (QED) is 0.622. The average Bonchev–Trinajstić information content (AvgIpc) is 2.77. The van der Waals surface area contributed by atoms with Gasteiger partial charge in [-0.25, -0.2) is 8.42 Å². The van der Waals surface area contributed by atoms with Crippen molar-refractivity contribution in [1.29, 1.82) is 0 Å². The lowest BCUT2D eigenvalue weighted by Gasteiger charge is -2.59. The van der Waals surface area contributed by atoms with Crippen LogP contribution in [0.1, 0.15) is 32.1 Å². The third kappa shape index (κ3) is 4.05. The number of benzene rings is 1. The molecule has 8 nitrogen and oxygen atoms in total. The minimum Gasteiger partial charge on any atom is -0.369 e. The summed E-state index contributed by atoms with van der Waals surface area (Å²) < 4.78 is 33.2. The Bertz CT molecular complexity index is 1080. The lowest BCUT2D eigenvalue weighted by molar-refractivity contribution is -0.150. The molecule has 4 aliphatic carbocycles. The molecule has 1 aromatic carbocycles. The molecule has 5 aliphatic rings. The van der Waals surface area contributed by atoms with Crippen LogP contribution >= 0.6 is 23.2 Å². The molecule has 0 spiro atoms. The van der Waals surface area contributed by atoms with Crippen molar-refractivity contribution >= 4 is 45.0 Å². The number of nitrogens with two attached hydrogens (primary N) is 1. The zero-order chi connectivity index (χ0) is 23.5. The number of ether oxygens (including phenoxy) is 1. The molecule has 33 heavy (non-hydrogen) atoms. The second-order valence-electron chi connectivity index (χ2n) is 9.95. The van der Waals surface area contributed by atoms with Gasteiger partial charge in [-0.05, 0) is 68.1 Å². The Labute approximate surface area is 203 Å². The van der Waals surface area contributed by atoms with Gasteiger partial charge in [0.05, 0.1) is 11.6 Å². The van der Waals surface area contributed by atoms with E-state index in [1.807, 2.05) is 0 Å². The summed E-state index contributed by atoms with van der Waals surface area (Å²) in [5, 5.41) is 3.47. The van der Waals surface area contributed by atoms with E-state index in [4.69, 9.17) is 33.7 Å². The Morgan fingerprint density at radius 2 is 1.85 bits per heavy atom. The van der Waals surface area contributed by atoms with E-state index in [1.54, 1.807) is 0 Å². The molecule has 3 N–H and O–H groups in total. The van der Waals surface area contributed by atoms with Gasteiger partial charge in [0.2, 0.25) is 15.9 Å². The van der Waals surface area contributed by atoms with Crippen molar-refractivity contribution in [3.63, 3.8) is 0 Å². The molecule has 4 saturated carbocycles. The van der Waals surface area contributed by atoms with Gasteiger partial charge < -0.3 is 15.8 Å². The summed E-state index contributed by atoms with van der Waals surface area (Å²) in [4.78, 5) is 25.2. The highest BCUT2D eigenvalue weighted by Crippen LogP contribution is 2.59. The molecule has 0 radical (unpaired) electrons. The molecular weight excluding hydrogens is 489 g/mol. The highest BCUT2D eigenvalue weighted by atomic mass is 35.5. The Morgan fingerprint density at radius 1 is 1.15 bits per heavy atom. The van der Waals surface area contributed by atoms with E-state index in [0.29, 0.717) is 18.8 Å². The van der Waals surface area contributed by atoms with Crippen LogP contribution in [-0.2, 0) is 24.3 Å². The van der Waals surface area contributed by atoms with E-state index >= 15 is 0 Å². The summed E-state index contributed by atoms with van der Waals surface area (Å²) in [5.41, 5.74) is 5.32. The normalized spacial score (nSPS) is 36.0. The van der Waals surface area contributed by atoms with Gasteiger partial charge in [0.15, 0.2) is 0 Å². The summed E-state index contributed by atoms with van der Waals surface area (Å²) in [6.45, 7) is 0.110. The first kappa shape index (κ1) is 23.4. The number of hydrogen-bond acceptors (Lipinski definition) is 5. The number of hydrogen-bond donors (Lipinski definition) is 2. The van der Waals surface area contributed by atoms with Gasteiger partial charge in [0.1, 0.15) is 11.0 Å². The van der Waals surface area contributed by atoms with Crippen LogP contribution in [0.5, 0.6) is 0 Å². The van der Waals surface area contributed by atoms with Crippen molar-refractivity contribution in [2.75, 3.05) is 19.7 Å². The number of sulfonamides is 1. The van der Waals surface area contributed by atoms with Gasteiger partial charge in [0, 0.05) is 29.6 Å². The van der Waals surface area contributed by atoms with Gasteiger partial charge >= 0.3 is 0 Å². The van der Waals surface area contributed by atoms with Crippen LogP contribution in [-0.4, -0.2) is 56.4 Å². The van der Waals surface area contributed by atoms with E-state index in [-0.39, 0.29) is 64.3 Å². The predicted octanol–water partition coefficient (Wildman–Crippen LogP) is 2.18. The molecule has 180 valence electrons. The van der Waals surface area contributed by atoms with Crippen LogP contribution in [0.2, 0.25) is 10.0 Å². The topological polar surface area (TPSA) is 119 Å². The van der Waals surface area contributed by atoms with Gasteiger partial charge in [-0.2, -0.15) is 4.31 Å². The highest BCUT2D eigenvalue weighted by molar-refractivity contribution is 7.89. The van der Waals surface area contributed by atoms with E-state index in [9.17, 15) is 18.0 Å². The highest BCUT2D eigenvalue weighted by Gasteiger charge is 2.58. The fourth-order valence-corrected chi connectivity index (χ4v) is 8.80. The van der Waals surface area contributed by atoms with Crippen LogP contribution in [0.3, 0.4) is 0 Å². The zero-order valence-electron chi connectivity index (χ0n) is 18.0. The molecule has 4 bridgehead atoms. The number of amides is 2. The molecule has 1 heterocycles. The van der Waals surface area contributed by atoms with E-state index < -0.39 is 21.5 Å². The van der Waals surface area contributed by atoms with Crippen LogP contribution in [0.15, 0.2) is 23.1 Å². The molecule has 3 atom stereocenters. The third-order valence-corrected chi connectivity index (χ3v) is 10.5. The first-order valence-electron chi connectivity index (χ1n) is 11.3. The number of carbonyl (C=O) groups excluding carboxylic acids is 2. The smallest absolute Gasteiger partial charge is 0.250 e. The number of morpholine rings is 1. The van der Waals surface area contributed by atoms with E-state index in [2.05, 4.69) is 5.32 Å². The van der Waals surface area contributed by atoms with Gasteiger partial charge in [-0.15, -0.1) is 0 Å². The molecule has 1 aromatic rings. The maximum absolute atomic E-state index is 13.2. The van der Waals surface area contributed by atoms with Crippen molar-refractivity contribution in [2.24, 2.45) is 28.9 Å². The molecule has 5 fully saturated rings. The fraction of sp³-hybridized carbons (Fsp3) is 0.636. The van der Waals surface area contributed by atoms with Crippen LogP contribution in [0.4, 0.5) is 0 Å². The largest absolute Gasteiger partial charge is 0.369 e. The lowest BCUT2D eigenvalue weighted by Crippen LogP contribution is -2.63. The minimum atomic E-state index is -3.94. The molecule has 11 heteroatoms. The minimum absolute atomic E-state index is 0.0421. The first-order valence-corrected chi connectivity index (χ1v) is 13.5. The number of nitrogens with one attached hydrogen (secondary N) is 1. The van der Waals surface area contributed by atoms with Crippen molar-refractivity contribution in [3.8, 4) is 0 Å². The number of halogens is 2. The summed E-state index contributed by atoms with van der Waals surface area (Å²) >= 11 is 12.1. The molecule has 2 amide bonds. The Kier molecular flexibility index (Phi) is 5.93. The number of rotatable bonds is 5. The number of carbonyl (C=O) groups is 2. The van der Waals surface area contributed by atoms with Gasteiger partial charge in [0.25, 0.3) is 5.91 Å². The monoisotopic (exact) mass is 515 g/mol. The standard InChI is InChI=1S/C22H27Cl2N3O5S/c23-15-1-2-16(24)18(7-15)33(30,31)27-3-4-32-17(11-27)20(28)26-19-13-5-12-6-14(19)10-22(8-12,9-13)21(25)29/h1-2,7,12-14,17,19H,3-6,8-11H2,(H2,25,29)(H,26,28). The van der Waals surface area contributed by atoms with E-state index in [0.717, 1.165) is 19.3 Å². The van der Waals surface area contributed by atoms with Gasteiger partial charge in [-0.3, -0.25) is 9.59 Å².